The predicted octanol–water partition coefficient (Wildman–Crippen LogP) is 3.68. The maximum atomic E-state index is 15.6. The summed E-state index contributed by atoms with van der Waals surface area (Å²) in [7, 11) is 3.03. The smallest absolute Gasteiger partial charge is 0.198 e. The van der Waals surface area contributed by atoms with Crippen LogP contribution in [0.25, 0.3) is 10.9 Å². The van der Waals surface area contributed by atoms with Crippen molar-refractivity contribution in [1.29, 1.82) is 0 Å². The molecule has 1 N–H and O–H groups in total. The first-order valence-corrected chi connectivity index (χ1v) is 9.33. The lowest BCUT2D eigenvalue weighted by Gasteiger charge is -2.16. The van der Waals surface area contributed by atoms with E-state index < -0.39 is 11.6 Å². The van der Waals surface area contributed by atoms with Gasteiger partial charge in [-0.15, -0.1) is 6.42 Å². The topological polar surface area (TPSA) is 74.7 Å². The Balaban J connectivity index is 2.07. The van der Waals surface area contributed by atoms with Gasteiger partial charge in [0.05, 0.1) is 29.8 Å². The van der Waals surface area contributed by atoms with E-state index >= 15 is 4.39 Å². The second-order valence-corrected chi connectivity index (χ2v) is 6.28. The van der Waals surface area contributed by atoms with Gasteiger partial charge in [0.2, 0.25) is 0 Å². The van der Waals surface area contributed by atoms with E-state index in [-0.39, 0.29) is 53.7 Å². The molecule has 162 valence electrons. The summed E-state index contributed by atoms with van der Waals surface area (Å²) in [6, 6.07) is 5.64. The van der Waals surface area contributed by atoms with Crippen molar-refractivity contribution in [2.45, 2.75) is 0 Å². The van der Waals surface area contributed by atoms with Crippen LogP contribution in [0.4, 0.5) is 20.3 Å². The number of hydrogen-bond acceptors (Lipinski definition) is 7. The number of methoxy groups -OCH3 is 2. The lowest BCUT2D eigenvalue weighted by Crippen LogP contribution is -2.10. The van der Waals surface area contributed by atoms with Crippen LogP contribution in [0.3, 0.4) is 0 Å². The molecule has 1 heterocycles. The van der Waals surface area contributed by atoms with Gasteiger partial charge in [-0.3, -0.25) is 0 Å². The summed E-state index contributed by atoms with van der Waals surface area (Å²) in [6.07, 6.45) is 6.62. The maximum Gasteiger partial charge on any atom is 0.198 e. The summed E-state index contributed by atoms with van der Waals surface area (Å²) in [5.74, 6) is 1.19. The van der Waals surface area contributed by atoms with Gasteiger partial charge in [0.15, 0.2) is 17.3 Å². The van der Waals surface area contributed by atoms with Crippen molar-refractivity contribution in [3.63, 3.8) is 0 Å². The molecule has 1 aromatic heterocycles. The Morgan fingerprint density at radius 1 is 1.00 bits per heavy atom. The van der Waals surface area contributed by atoms with Crippen LogP contribution in [0.2, 0.25) is 0 Å². The van der Waals surface area contributed by atoms with Crippen LogP contribution in [0, 0.1) is 24.0 Å². The lowest BCUT2D eigenvalue weighted by atomic mass is 10.1. The fourth-order valence-electron chi connectivity index (χ4n) is 2.77. The molecule has 0 amide bonds. The Kier molecular flexibility index (Phi) is 7.54. The van der Waals surface area contributed by atoms with Crippen molar-refractivity contribution >= 4 is 22.4 Å². The first-order chi connectivity index (χ1) is 15.1. The standard InChI is InChI=1S/C22H21F2N3O4/c1-4-14-5-6-15(23)16(11-14)27-22-19-17(25-13-26-22)12-18(30-9-7-28-2)21(20(19)24)31-10-8-29-3/h1,5-6,11-13H,7-10H2,2-3H3,(H,25,26,27). The molecule has 0 saturated heterocycles. The molecule has 2 aromatic carbocycles. The molecule has 0 saturated carbocycles. The molecule has 0 aliphatic carbocycles. The van der Waals surface area contributed by atoms with E-state index in [1.165, 1.54) is 44.8 Å². The molecule has 0 fully saturated rings. The lowest BCUT2D eigenvalue weighted by molar-refractivity contribution is 0.130. The third kappa shape index (κ3) is 5.17. The highest BCUT2D eigenvalue weighted by Crippen LogP contribution is 2.39. The minimum absolute atomic E-state index is 0.0134. The Morgan fingerprint density at radius 3 is 2.45 bits per heavy atom. The van der Waals surface area contributed by atoms with Gasteiger partial charge in [-0.25, -0.2) is 18.7 Å². The van der Waals surface area contributed by atoms with Crippen LogP contribution < -0.4 is 14.8 Å². The van der Waals surface area contributed by atoms with E-state index in [0.717, 1.165) is 0 Å². The monoisotopic (exact) mass is 429 g/mol. The third-order valence-electron chi connectivity index (χ3n) is 4.25. The number of aromatic nitrogens is 2. The van der Waals surface area contributed by atoms with Crippen molar-refractivity contribution in [1.82, 2.24) is 9.97 Å². The number of benzene rings is 2. The molecule has 9 heteroatoms. The van der Waals surface area contributed by atoms with Crippen molar-refractivity contribution in [2.75, 3.05) is 46.0 Å². The number of halogens is 2. The molecule has 31 heavy (non-hydrogen) atoms. The molecule has 0 unspecified atom stereocenters. The minimum atomic E-state index is -0.752. The van der Waals surface area contributed by atoms with Crippen molar-refractivity contribution in [3.05, 3.63) is 47.8 Å². The van der Waals surface area contributed by atoms with Gasteiger partial charge in [0.25, 0.3) is 0 Å². The summed E-state index contributed by atoms with van der Waals surface area (Å²) in [5.41, 5.74) is 0.757. The quantitative estimate of drug-likeness (QED) is 0.389. The number of ether oxygens (including phenoxy) is 4. The number of terminal acetylenes is 1. The largest absolute Gasteiger partial charge is 0.487 e. The third-order valence-corrected chi connectivity index (χ3v) is 4.25. The summed E-state index contributed by atoms with van der Waals surface area (Å²) < 4.78 is 50.9. The highest BCUT2D eigenvalue weighted by Gasteiger charge is 2.21. The van der Waals surface area contributed by atoms with E-state index in [2.05, 4.69) is 21.2 Å². The number of anilines is 2. The number of hydrogen-bond donors (Lipinski definition) is 1. The zero-order valence-corrected chi connectivity index (χ0v) is 17.1. The van der Waals surface area contributed by atoms with Crippen molar-refractivity contribution in [3.8, 4) is 23.8 Å². The highest BCUT2D eigenvalue weighted by atomic mass is 19.1. The van der Waals surface area contributed by atoms with Gasteiger partial charge < -0.3 is 24.3 Å². The molecule has 0 atom stereocenters. The van der Waals surface area contributed by atoms with Gasteiger partial charge in [-0.05, 0) is 18.2 Å². The summed E-state index contributed by atoms with van der Waals surface area (Å²) in [5, 5.41) is 2.81. The highest BCUT2D eigenvalue weighted by molar-refractivity contribution is 5.93. The second kappa shape index (κ2) is 10.5. The van der Waals surface area contributed by atoms with Crippen LogP contribution in [0.1, 0.15) is 5.56 Å². The molecule has 0 aliphatic rings. The van der Waals surface area contributed by atoms with Crippen LogP contribution in [0.5, 0.6) is 11.5 Å². The van der Waals surface area contributed by atoms with E-state index in [1.54, 1.807) is 0 Å². The normalized spacial score (nSPS) is 10.7. The summed E-state index contributed by atoms with van der Waals surface area (Å²) in [6.45, 7) is 0.825. The molecule has 3 rings (SSSR count). The van der Waals surface area contributed by atoms with Gasteiger partial charge in [0, 0.05) is 25.8 Å². The zero-order chi connectivity index (χ0) is 22.2. The summed E-state index contributed by atoms with van der Waals surface area (Å²) in [4.78, 5) is 8.20. The van der Waals surface area contributed by atoms with Crippen molar-refractivity contribution < 1.29 is 27.7 Å². The maximum absolute atomic E-state index is 15.6. The Hall–Kier alpha value is -3.48. The first-order valence-electron chi connectivity index (χ1n) is 9.33. The van der Waals surface area contributed by atoms with E-state index in [1.807, 2.05) is 0 Å². The molecular formula is C22H21F2N3O4. The van der Waals surface area contributed by atoms with E-state index in [0.29, 0.717) is 12.2 Å². The predicted molar refractivity (Wildman–Crippen MR) is 112 cm³/mol. The van der Waals surface area contributed by atoms with Crippen molar-refractivity contribution in [2.24, 2.45) is 0 Å². The minimum Gasteiger partial charge on any atom is -0.487 e. The Bertz CT molecular complexity index is 1100. The van der Waals surface area contributed by atoms with Gasteiger partial charge in [-0.1, -0.05) is 5.92 Å². The van der Waals surface area contributed by atoms with Gasteiger partial charge in [0.1, 0.15) is 31.2 Å². The van der Waals surface area contributed by atoms with Crippen LogP contribution in [0.15, 0.2) is 30.6 Å². The van der Waals surface area contributed by atoms with E-state index in [4.69, 9.17) is 25.4 Å². The average Bonchev–Trinajstić information content (AvgIpc) is 2.77. The van der Waals surface area contributed by atoms with Gasteiger partial charge in [-0.2, -0.15) is 0 Å². The zero-order valence-electron chi connectivity index (χ0n) is 17.1. The molecule has 0 bridgehead atoms. The Morgan fingerprint density at radius 2 is 1.74 bits per heavy atom. The van der Waals surface area contributed by atoms with Gasteiger partial charge >= 0.3 is 0 Å². The van der Waals surface area contributed by atoms with Crippen LogP contribution in [-0.2, 0) is 9.47 Å². The molecule has 0 aliphatic heterocycles. The Labute approximate surface area is 178 Å². The SMILES string of the molecule is C#Cc1ccc(F)c(Nc2ncnc3cc(OCCOC)c(OCCOC)c(F)c23)c1. The number of fused-ring (bicyclic) bond motifs is 1. The number of nitrogens with one attached hydrogen (secondary N) is 1. The van der Waals surface area contributed by atoms with Crippen LogP contribution >= 0.6 is 0 Å². The average molecular weight is 429 g/mol. The number of nitrogens with zero attached hydrogens (tertiary/aromatic N) is 2. The molecule has 7 nitrogen and oxygen atoms in total. The molecule has 3 aromatic rings. The fraction of sp³-hybridized carbons (Fsp3) is 0.273. The molecule has 0 radical (unpaired) electrons. The van der Waals surface area contributed by atoms with Crippen LogP contribution in [-0.4, -0.2) is 50.6 Å². The molecular weight excluding hydrogens is 408 g/mol. The number of rotatable bonds is 10. The fourth-order valence-corrected chi connectivity index (χ4v) is 2.77. The molecule has 0 spiro atoms. The summed E-state index contributed by atoms with van der Waals surface area (Å²) >= 11 is 0. The first kappa shape index (κ1) is 22.2. The van der Waals surface area contributed by atoms with E-state index in [9.17, 15) is 4.39 Å². The second-order valence-electron chi connectivity index (χ2n) is 6.28.